The van der Waals surface area contributed by atoms with E-state index < -0.39 is 0 Å². The van der Waals surface area contributed by atoms with Gasteiger partial charge in [0.05, 0.1) is 0 Å². The van der Waals surface area contributed by atoms with Gasteiger partial charge in [-0.05, 0) is 24.3 Å². The first-order valence-electron chi connectivity index (χ1n) is 6.05. The van der Waals surface area contributed by atoms with Crippen molar-refractivity contribution in [2.45, 2.75) is 38.6 Å². The zero-order chi connectivity index (χ0) is 12.0. The van der Waals surface area contributed by atoms with Gasteiger partial charge in [-0.1, -0.05) is 44.2 Å². The van der Waals surface area contributed by atoms with Crippen molar-refractivity contribution in [1.82, 2.24) is 5.32 Å². The lowest BCUT2D eigenvalue weighted by Crippen LogP contribution is -2.36. The molecular weight excluding hydrogens is 196 g/mol. The second kappa shape index (κ2) is 6.02. The lowest BCUT2D eigenvalue weighted by molar-refractivity contribution is 0.392. The summed E-state index contributed by atoms with van der Waals surface area (Å²) in [5.41, 5.74) is 7.10. The van der Waals surface area contributed by atoms with Crippen LogP contribution < -0.4 is 11.1 Å². The molecule has 3 N–H and O–H groups in total. The molecule has 2 nitrogen and oxygen atoms in total. The summed E-state index contributed by atoms with van der Waals surface area (Å²) in [5.74, 6) is 0. The van der Waals surface area contributed by atoms with Gasteiger partial charge in [-0.3, -0.25) is 0 Å². The average molecular weight is 220 g/mol. The van der Waals surface area contributed by atoms with E-state index in [-0.39, 0.29) is 5.41 Å². The van der Waals surface area contributed by atoms with E-state index in [0.29, 0.717) is 12.6 Å². The first-order chi connectivity index (χ1) is 7.56. The summed E-state index contributed by atoms with van der Waals surface area (Å²) in [6.07, 6.45) is 1.12. The smallest absolute Gasteiger partial charge is 0.00769 e. The van der Waals surface area contributed by atoms with Gasteiger partial charge < -0.3 is 11.1 Å². The Kier molecular flexibility index (Phi) is 4.97. The summed E-state index contributed by atoms with van der Waals surface area (Å²) in [7, 11) is 0. The van der Waals surface area contributed by atoms with Crippen LogP contribution in [0, 0.1) is 0 Å². The minimum absolute atomic E-state index is 0.211. The van der Waals surface area contributed by atoms with Gasteiger partial charge in [-0.25, -0.2) is 0 Å². The van der Waals surface area contributed by atoms with Gasteiger partial charge >= 0.3 is 0 Å². The third-order valence-electron chi connectivity index (χ3n) is 3.01. The maximum absolute atomic E-state index is 5.49. The van der Waals surface area contributed by atoms with E-state index in [1.807, 2.05) is 0 Å². The largest absolute Gasteiger partial charge is 0.329 e. The van der Waals surface area contributed by atoms with Gasteiger partial charge in [0.25, 0.3) is 0 Å². The second-order valence-electron chi connectivity index (χ2n) is 5.10. The van der Waals surface area contributed by atoms with Crippen molar-refractivity contribution in [2.24, 2.45) is 5.73 Å². The molecule has 16 heavy (non-hydrogen) atoms. The van der Waals surface area contributed by atoms with Crippen molar-refractivity contribution >= 4 is 0 Å². The van der Waals surface area contributed by atoms with E-state index in [1.165, 1.54) is 5.56 Å². The Morgan fingerprint density at radius 1 is 1.25 bits per heavy atom. The summed E-state index contributed by atoms with van der Waals surface area (Å²) in [6.45, 7) is 8.41. The van der Waals surface area contributed by atoms with Crippen molar-refractivity contribution in [3.8, 4) is 0 Å². The van der Waals surface area contributed by atoms with Crippen molar-refractivity contribution < 1.29 is 0 Å². The molecule has 90 valence electrons. The van der Waals surface area contributed by atoms with Crippen LogP contribution in [0.3, 0.4) is 0 Å². The molecule has 1 atom stereocenters. The van der Waals surface area contributed by atoms with Crippen LogP contribution in [-0.4, -0.2) is 19.1 Å². The molecule has 1 aromatic carbocycles. The minimum Gasteiger partial charge on any atom is -0.329 e. The van der Waals surface area contributed by atoms with Crippen molar-refractivity contribution in [3.63, 3.8) is 0 Å². The number of hydrogen-bond acceptors (Lipinski definition) is 2. The Bertz CT molecular complexity index is 293. The van der Waals surface area contributed by atoms with Gasteiger partial charge in [-0.15, -0.1) is 0 Å². The molecule has 1 unspecified atom stereocenters. The molecule has 0 heterocycles. The van der Waals surface area contributed by atoms with Crippen LogP contribution in [0.15, 0.2) is 30.3 Å². The van der Waals surface area contributed by atoms with E-state index >= 15 is 0 Å². The molecule has 2 heteroatoms. The van der Waals surface area contributed by atoms with Crippen LogP contribution in [0.1, 0.15) is 32.8 Å². The molecule has 0 aliphatic rings. The van der Waals surface area contributed by atoms with Crippen LogP contribution in [0.2, 0.25) is 0 Å². The number of hydrogen-bond donors (Lipinski definition) is 2. The van der Waals surface area contributed by atoms with Crippen molar-refractivity contribution in [3.05, 3.63) is 35.9 Å². The quantitative estimate of drug-likeness (QED) is 0.772. The van der Waals surface area contributed by atoms with E-state index in [4.69, 9.17) is 5.73 Å². The number of nitrogens with two attached hydrogens (primary N) is 1. The maximum Gasteiger partial charge on any atom is 0.00769 e. The van der Waals surface area contributed by atoms with Crippen LogP contribution in [0.25, 0.3) is 0 Å². The van der Waals surface area contributed by atoms with E-state index in [9.17, 15) is 0 Å². The summed E-state index contributed by atoms with van der Waals surface area (Å²) in [6, 6.07) is 11.2. The normalized spacial score (nSPS) is 13.8. The molecular formula is C14H24N2. The minimum atomic E-state index is 0.211. The molecule has 1 rings (SSSR count). The molecule has 0 radical (unpaired) electrons. The van der Waals surface area contributed by atoms with Crippen LogP contribution >= 0.6 is 0 Å². The summed E-state index contributed by atoms with van der Waals surface area (Å²) < 4.78 is 0. The highest BCUT2D eigenvalue weighted by Gasteiger charge is 2.22. The molecule has 0 fully saturated rings. The van der Waals surface area contributed by atoms with E-state index in [0.717, 1.165) is 13.0 Å². The summed E-state index contributed by atoms with van der Waals surface area (Å²) in [4.78, 5) is 0. The van der Waals surface area contributed by atoms with Crippen molar-refractivity contribution in [1.29, 1.82) is 0 Å². The van der Waals surface area contributed by atoms with E-state index in [1.54, 1.807) is 0 Å². The first kappa shape index (κ1) is 13.2. The fraction of sp³-hybridized carbons (Fsp3) is 0.571. The van der Waals surface area contributed by atoms with Gasteiger partial charge in [0.2, 0.25) is 0 Å². The fourth-order valence-corrected chi connectivity index (χ4v) is 2.17. The average Bonchev–Trinajstić information content (AvgIpc) is 2.27. The first-order valence-corrected chi connectivity index (χ1v) is 6.05. The molecule has 0 saturated heterocycles. The Labute approximate surface area is 99.2 Å². The zero-order valence-electron chi connectivity index (χ0n) is 10.7. The van der Waals surface area contributed by atoms with Crippen LogP contribution in [0.4, 0.5) is 0 Å². The Hall–Kier alpha value is -0.860. The summed E-state index contributed by atoms with van der Waals surface area (Å²) in [5, 5.41) is 3.43. The van der Waals surface area contributed by atoms with Gasteiger partial charge in [0.15, 0.2) is 0 Å². The molecule has 0 saturated carbocycles. The highest BCUT2D eigenvalue weighted by molar-refractivity contribution is 5.23. The van der Waals surface area contributed by atoms with Crippen LogP contribution in [-0.2, 0) is 5.41 Å². The lowest BCUT2D eigenvalue weighted by Gasteiger charge is -2.29. The second-order valence-corrected chi connectivity index (χ2v) is 5.10. The van der Waals surface area contributed by atoms with Gasteiger partial charge in [0, 0.05) is 19.1 Å². The van der Waals surface area contributed by atoms with E-state index in [2.05, 4.69) is 56.4 Å². The van der Waals surface area contributed by atoms with Gasteiger partial charge in [-0.2, -0.15) is 0 Å². The predicted octanol–water partition coefficient (Wildman–Crippen LogP) is 2.29. The molecule has 0 aliphatic heterocycles. The topological polar surface area (TPSA) is 38.0 Å². The molecule has 0 amide bonds. The highest BCUT2D eigenvalue weighted by Crippen LogP contribution is 2.27. The fourth-order valence-electron chi connectivity index (χ4n) is 2.17. The van der Waals surface area contributed by atoms with Crippen LogP contribution in [0.5, 0.6) is 0 Å². The lowest BCUT2D eigenvalue weighted by atomic mass is 9.79. The highest BCUT2D eigenvalue weighted by atomic mass is 14.9. The number of rotatable bonds is 6. The predicted molar refractivity (Wildman–Crippen MR) is 70.6 cm³/mol. The Morgan fingerprint density at radius 2 is 1.88 bits per heavy atom. The number of benzene rings is 1. The standard InChI is InChI=1S/C14H24N2/c1-12(16-10-9-15)11-14(2,3)13-7-5-4-6-8-13/h4-8,12,16H,9-11,15H2,1-3H3. The summed E-state index contributed by atoms with van der Waals surface area (Å²) >= 11 is 0. The zero-order valence-corrected chi connectivity index (χ0v) is 10.7. The van der Waals surface area contributed by atoms with Crippen molar-refractivity contribution in [2.75, 3.05) is 13.1 Å². The molecule has 0 aliphatic carbocycles. The van der Waals surface area contributed by atoms with Gasteiger partial charge in [0.1, 0.15) is 0 Å². The third kappa shape index (κ3) is 3.95. The SMILES string of the molecule is CC(CC(C)(C)c1ccccc1)NCCN. The molecule has 0 spiro atoms. The molecule has 0 aromatic heterocycles. The Morgan fingerprint density at radius 3 is 2.44 bits per heavy atom. The molecule has 1 aromatic rings. The Balaban J connectivity index is 2.58. The molecule has 0 bridgehead atoms. The third-order valence-corrected chi connectivity index (χ3v) is 3.01. The monoisotopic (exact) mass is 220 g/mol. The maximum atomic E-state index is 5.49. The number of nitrogens with one attached hydrogen (secondary N) is 1.